The Kier molecular flexibility index (Phi) is 10.4. The number of nitrogens with zero attached hydrogens (tertiary/aromatic N) is 2. The summed E-state index contributed by atoms with van der Waals surface area (Å²) >= 11 is 0. The highest BCUT2D eigenvalue weighted by Crippen LogP contribution is 2.40. The molecule has 1 unspecified atom stereocenters. The van der Waals surface area contributed by atoms with Gasteiger partial charge < -0.3 is 20.1 Å². The Morgan fingerprint density at radius 3 is 2.33 bits per heavy atom. The Bertz CT molecular complexity index is 1530. The number of aryl methyl sites for hydroxylation is 1. The zero-order chi connectivity index (χ0) is 29.9. The molecule has 4 rings (SSSR count). The van der Waals surface area contributed by atoms with Crippen molar-refractivity contribution in [1.29, 1.82) is 0 Å². The van der Waals surface area contributed by atoms with Gasteiger partial charge in [0.15, 0.2) is 11.7 Å². The average Bonchev–Trinajstić information content (AvgIpc) is 2.92. The lowest BCUT2D eigenvalue weighted by atomic mass is 9.87. The number of esters is 1. The predicted molar refractivity (Wildman–Crippen MR) is 158 cm³/mol. The number of benzene rings is 3. The van der Waals surface area contributed by atoms with Crippen molar-refractivity contribution in [2.45, 2.75) is 42.9 Å². The molecule has 1 aliphatic rings. The van der Waals surface area contributed by atoms with E-state index in [1.54, 1.807) is 45.3 Å². The normalized spacial score (nSPS) is 15.9. The number of ether oxygens (including phenoxy) is 2. The van der Waals surface area contributed by atoms with Crippen molar-refractivity contribution in [3.05, 3.63) is 95.3 Å². The van der Waals surface area contributed by atoms with E-state index >= 15 is 0 Å². The Hall–Kier alpha value is -3.51. The summed E-state index contributed by atoms with van der Waals surface area (Å²) in [4.78, 5) is 25.8. The third-order valence-corrected chi connectivity index (χ3v) is 8.78. The number of amides is 1. The monoisotopic (exact) mass is 619 g/mol. The molecule has 0 bridgehead atoms. The summed E-state index contributed by atoms with van der Waals surface area (Å²) in [6.07, 6.45) is -0.980. The molecule has 0 saturated carbocycles. The molecule has 0 aromatic heterocycles. The van der Waals surface area contributed by atoms with Crippen LogP contribution >= 0.6 is 12.4 Å². The zero-order valence-electron chi connectivity index (χ0n) is 23.8. The highest BCUT2D eigenvalue weighted by Gasteiger charge is 2.52. The van der Waals surface area contributed by atoms with Crippen LogP contribution in [0.15, 0.2) is 77.7 Å². The summed E-state index contributed by atoms with van der Waals surface area (Å²) in [6.45, 7) is 3.15. The molecule has 226 valence electrons. The second-order valence-corrected chi connectivity index (χ2v) is 12.4. The maximum absolute atomic E-state index is 14.2. The summed E-state index contributed by atoms with van der Waals surface area (Å²) < 4.78 is 54.1. The fraction of sp³-hybridized carbons (Fsp3) is 0.333. The topological polar surface area (TPSA) is 119 Å². The van der Waals surface area contributed by atoms with Gasteiger partial charge >= 0.3 is 5.97 Å². The summed E-state index contributed by atoms with van der Waals surface area (Å²) in [5, 5.41) is 0. The molecule has 1 aliphatic heterocycles. The van der Waals surface area contributed by atoms with E-state index in [4.69, 9.17) is 15.2 Å². The van der Waals surface area contributed by atoms with Gasteiger partial charge in [-0.3, -0.25) is 9.59 Å². The van der Waals surface area contributed by atoms with Crippen LogP contribution in [0.1, 0.15) is 23.6 Å². The van der Waals surface area contributed by atoms with Crippen LogP contribution in [0.25, 0.3) is 0 Å². The molecule has 42 heavy (non-hydrogen) atoms. The Labute approximate surface area is 251 Å². The number of halogens is 2. The summed E-state index contributed by atoms with van der Waals surface area (Å²) in [7, 11) is -0.833. The van der Waals surface area contributed by atoms with Crippen LogP contribution in [-0.2, 0) is 36.4 Å². The standard InChI is InChI=1S/C30H34FN3O6S.ClH/c1-20-13-14-24(17-26(20)31)40-30(23-10-6-5-7-11-23)18-34(19-30)41(37,38)25-12-8-9-22(15-25)16-27(32)29(36)39-21(2)28(35)33(3)4;/h5-15,17,21,27H,16,18-19,32H2,1-4H3;1H/t21?,27-;/m0./s1. The lowest BCUT2D eigenvalue weighted by Gasteiger charge is -2.48. The zero-order valence-corrected chi connectivity index (χ0v) is 25.5. The lowest BCUT2D eigenvalue weighted by molar-refractivity contribution is -0.159. The van der Waals surface area contributed by atoms with Gasteiger partial charge in [0.1, 0.15) is 17.6 Å². The average molecular weight is 620 g/mol. The number of nitrogens with two attached hydrogens (primary N) is 1. The Morgan fingerprint density at radius 1 is 1.05 bits per heavy atom. The minimum absolute atomic E-state index is 0. The van der Waals surface area contributed by atoms with Gasteiger partial charge in [-0.25, -0.2) is 12.8 Å². The Balaban J connectivity index is 0.00000484. The number of carbonyl (C=O) groups excluding carboxylic acids is 2. The van der Waals surface area contributed by atoms with E-state index in [-0.39, 0.29) is 42.7 Å². The maximum atomic E-state index is 14.2. The molecule has 0 aliphatic carbocycles. The molecule has 0 radical (unpaired) electrons. The molecule has 2 atom stereocenters. The van der Waals surface area contributed by atoms with E-state index in [1.165, 1.54) is 34.3 Å². The largest absolute Gasteiger partial charge is 0.480 e. The van der Waals surface area contributed by atoms with Crippen LogP contribution in [0.2, 0.25) is 0 Å². The van der Waals surface area contributed by atoms with Gasteiger partial charge in [-0.1, -0.05) is 48.5 Å². The minimum atomic E-state index is -3.93. The van der Waals surface area contributed by atoms with Crippen molar-refractivity contribution >= 4 is 34.3 Å². The number of rotatable bonds is 10. The molecule has 1 heterocycles. The van der Waals surface area contributed by atoms with Gasteiger partial charge in [0, 0.05) is 20.2 Å². The first-order valence-electron chi connectivity index (χ1n) is 13.1. The number of hydrogen-bond donors (Lipinski definition) is 1. The van der Waals surface area contributed by atoms with Crippen LogP contribution < -0.4 is 10.5 Å². The van der Waals surface area contributed by atoms with Crippen molar-refractivity contribution < 1.29 is 31.9 Å². The fourth-order valence-corrected chi connectivity index (χ4v) is 6.20. The van der Waals surface area contributed by atoms with Gasteiger partial charge in [-0.15, -0.1) is 12.4 Å². The number of hydrogen-bond acceptors (Lipinski definition) is 7. The first-order chi connectivity index (χ1) is 19.3. The van der Waals surface area contributed by atoms with Crippen LogP contribution in [0.4, 0.5) is 4.39 Å². The molecule has 1 saturated heterocycles. The quantitative estimate of drug-likeness (QED) is 0.345. The molecule has 12 heteroatoms. The first kappa shape index (κ1) is 33.0. The van der Waals surface area contributed by atoms with E-state index in [9.17, 15) is 22.4 Å². The second-order valence-electron chi connectivity index (χ2n) is 10.4. The van der Waals surface area contributed by atoms with Gasteiger partial charge in [-0.2, -0.15) is 4.31 Å². The molecular formula is C30H35ClFN3O6S. The van der Waals surface area contributed by atoms with E-state index in [0.717, 1.165) is 5.56 Å². The number of likely N-dealkylation sites (N-methyl/N-ethyl adjacent to an activating group) is 1. The van der Waals surface area contributed by atoms with E-state index < -0.39 is 39.6 Å². The third kappa shape index (κ3) is 7.09. The van der Waals surface area contributed by atoms with Crippen LogP contribution in [-0.4, -0.2) is 68.8 Å². The molecule has 1 fully saturated rings. The van der Waals surface area contributed by atoms with E-state index in [0.29, 0.717) is 16.9 Å². The summed E-state index contributed by atoms with van der Waals surface area (Å²) in [6, 6.07) is 18.9. The molecular weight excluding hydrogens is 585 g/mol. The summed E-state index contributed by atoms with van der Waals surface area (Å²) in [5.74, 6) is -1.25. The maximum Gasteiger partial charge on any atom is 0.324 e. The third-order valence-electron chi connectivity index (χ3n) is 7.00. The van der Waals surface area contributed by atoms with Crippen molar-refractivity contribution in [3.63, 3.8) is 0 Å². The minimum Gasteiger partial charge on any atom is -0.480 e. The van der Waals surface area contributed by atoms with Gasteiger partial charge in [0.2, 0.25) is 10.0 Å². The molecule has 9 nitrogen and oxygen atoms in total. The lowest BCUT2D eigenvalue weighted by Crippen LogP contribution is -2.64. The van der Waals surface area contributed by atoms with Crippen LogP contribution in [0.3, 0.4) is 0 Å². The van der Waals surface area contributed by atoms with Crippen molar-refractivity contribution in [2.24, 2.45) is 5.73 Å². The fourth-order valence-electron chi connectivity index (χ4n) is 4.60. The van der Waals surface area contributed by atoms with Crippen LogP contribution in [0.5, 0.6) is 5.75 Å². The molecule has 3 aromatic carbocycles. The van der Waals surface area contributed by atoms with Crippen molar-refractivity contribution in [3.8, 4) is 5.75 Å². The van der Waals surface area contributed by atoms with Gasteiger partial charge in [0.25, 0.3) is 5.91 Å². The molecule has 2 N–H and O–H groups in total. The number of sulfonamides is 1. The second kappa shape index (κ2) is 13.2. The predicted octanol–water partition coefficient (Wildman–Crippen LogP) is 3.42. The molecule has 1 amide bonds. The summed E-state index contributed by atoms with van der Waals surface area (Å²) in [5.41, 5.74) is 6.79. The molecule has 0 spiro atoms. The van der Waals surface area contributed by atoms with Crippen molar-refractivity contribution in [2.75, 3.05) is 27.2 Å². The smallest absolute Gasteiger partial charge is 0.324 e. The highest BCUT2D eigenvalue weighted by molar-refractivity contribution is 7.89. The van der Waals surface area contributed by atoms with Crippen molar-refractivity contribution in [1.82, 2.24) is 9.21 Å². The SMILES string of the molecule is Cc1ccc(OC2(c3ccccc3)CN(S(=O)(=O)c3cccc(C[C@H](N)C(=O)OC(C)C(=O)N(C)C)c3)C2)cc1F.Cl. The van der Waals surface area contributed by atoms with E-state index in [2.05, 4.69) is 0 Å². The van der Waals surface area contributed by atoms with Gasteiger partial charge in [-0.05, 0) is 55.2 Å². The van der Waals surface area contributed by atoms with Gasteiger partial charge in [0.05, 0.1) is 18.0 Å². The first-order valence-corrected chi connectivity index (χ1v) is 14.5. The molecule has 3 aromatic rings. The number of carbonyl (C=O) groups is 2. The van der Waals surface area contributed by atoms with E-state index in [1.807, 2.05) is 30.3 Å². The van der Waals surface area contributed by atoms with Crippen LogP contribution in [0, 0.1) is 12.7 Å². The highest BCUT2D eigenvalue weighted by atomic mass is 35.5. The Morgan fingerprint density at radius 2 is 1.71 bits per heavy atom.